The molecule has 3 N–H and O–H groups in total. The molecule has 0 rings (SSSR count). The van der Waals surface area contributed by atoms with Crippen molar-refractivity contribution >= 4 is 5.97 Å². The summed E-state index contributed by atoms with van der Waals surface area (Å²) in [5.41, 5.74) is 0. The van der Waals surface area contributed by atoms with Gasteiger partial charge in [-0.15, -0.1) is 0 Å². The SMILES string of the molecule is CCCCCCC(O)C/C=C\CCCCCCCC(=O)O.CCNCC. The fourth-order valence-corrected chi connectivity index (χ4v) is 2.61. The van der Waals surface area contributed by atoms with E-state index in [0.29, 0.717) is 6.42 Å². The molecular weight excluding hydrogens is 326 g/mol. The van der Waals surface area contributed by atoms with Crippen LogP contribution in [0.15, 0.2) is 12.2 Å². The van der Waals surface area contributed by atoms with Crippen LogP contribution in [0, 0.1) is 0 Å². The average Bonchev–Trinajstić information content (AvgIpc) is 2.61. The van der Waals surface area contributed by atoms with Crippen molar-refractivity contribution in [3.63, 3.8) is 0 Å². The first-order valence-corrected chi connectivity index (χ1v) is 10.8. The summed E-state index contributed by atoms with van der Waals surface area (Å²) < 4.78 is 0. The molecule has 1 unspecified atom stereocenters. The van der Waals surface area contributed by atoms with E-state index < -0.39 is 5.97 Å². The molecule has 0 amide bonds. The van der Waals surface area contributed by atoms with Gasteiger partial charge in [-0.25, -0.2) is 0 Å². The molecule has 0 saturated carbocycles. The molecule has 0 aliphatic carbocycles. The summed E-state index contributed by atoms with van der Waals surface area (Å²) >= 11 is 0. The molecule has 0 fully saturated rings. The normalized spacial score (nSPS) is 12.0. The fourth-order valence-electron chi connectivity index (χ4n) is 2.61. The van der Waals surface area contributed by atoms with Crippen LogP contribution < -0.4 is 5.32 Å². The van der Waals surface area contributed by atoms with Gasteiger partial charge in [-0.1, -0.05) is 77.9 Å². The number of hydrogen-bond donors (Lipinski definition) is 3. The third-order valence-corrected chi connectivity index (χ3v) is 4.23. The molecular formula is C22H45NO3. The van der Waals surface area contributed by atoms with Crippen molar-refractivity contribution in [1.82, 2.24) is 5.32 Å². The molecule has 0 radical (unpaired) electrons. The highest BCUT2D eigenvalue weighted by atomic mass is 16.4. The molecule has 0 aromatic rings. The molecule has 0 saturated heterocycles. The number of carbonyl (C=O) groups is 1. The lowest BCUT2D eigenvalue weighted by molar-refractivity contribution is -0.137. The predicted octanol–water partition coefficient (Wildman–Crippen LogP) is 5.70. The first-order chi connectivity index (χ1) is 12.6. The van der Waals surface area contributed by atoms with Gasteiger partial charge in [-0.05, 0) is 45.2 Å². The van der Waals surface area contributed by atoms with Crippen LogP contribution in [-0.2, 0) is 4.79 Å². The van der Waals surface area contributed by atoms with Crippen molar-refractivity contribution in [3.05, 3.63) is 12.2 Å². The second kappa shape index (κ2) is 24.1. The lowest BCUT2D eigenvalue weighted by atomic mass is 10.1. The van der Waals surface area contributed by atoms with Gasteiger partial charge in [0.2, 0.25) is 0 Å². The number of aliphatic hydroxyl groups is 1. The number of aliphatic hydroxyl groups excluding tert-OH is 1. The van der Waals surface area contributed by atoms with E-state index in [0.717, 1.165) is 64.5 Å². The Morgan fingerprint density at radius 3 is 2.08 bits per heavy atom. The summed E-state index contributed by atoms with van der Waals surface area (Å²) in [6, 6.07) is 0. The van der Waals surface area contributed by atoms with Gasteiger partial charge in [0, 0.05) is 6.42 Å². The lowest BCUT2D eigenvalue weighted by Gasteiger charge is -2.07. The van der Waals surface area contributed by atoms with Crippen molar-refractivity contribution in [2.45, 2.75) is 110 Å². The zero-order chi connectivity index (χ0) is 19.9. The highest BCUT2D eigenvalue weighted by molar-refractivity contribution is 5.66. The third kappa shape index (κ3) is 28.0. The molecule has 0 heterocycles. The number of rotatable bonds is 17. The molecule has 0 aliphatic rings. The Morgan fingerprint density at radius 2 is 1.50 bits per heavy atom. The number of nitrogens with one attached hydrogen (secondary N) is 1. The zero-order valence-electron chi connectivity index (χ0n) is 17.6. The first-order valence-electron chi connectivity index (χ1n) is 10.8. The highest BCUT2D eigenvalue weighted by Crippen LogP contribution is 2.10. The molecule has 0 aromatic carbocycles. The molecule has 0 bridgehead atoms. The van der Waals surface area contributed by atoms with E-state index in [4.69, 9.17) is 5.11 Å². The maximum atomic E-state index is 10.3. The maximum Gasteiger partial charge on any atom is 0.303 e. The second-order valence-corrected chi connectivity index (χ2v) is 6.87. The predicted molar refractivity (Wildman–Crippen MR) is 113 cm³/mol. The zero-order valence-corrected chi connectivity index (χ0v) is 17.6. The first kappa shape index (κ1) is 27.3. The molecule has 0 aromatic heterocycles. The Labute approximate surface area is 162 Å². The van der Waals surface area contributed by atoms with Gasteiger partial charge in [0.15, 0.2) is 0 Å². The van der Waals surface area contributed by atoms with Crippen molar-refractivity contribution < 1.29 is 15.0 Å². The van der Waals surface area contributed by atoms with Crippen LogP contribution in [0.3, 0.4) is 0 Å². The van der Waals surface area contributed by atoms with Crippen molar-refractivity contribution in [2.75, 3.05) is 13.1 Å². The van der Waals surface area contributed by atoms with Crippen LogP contribution in [0.1, 0.15) is 104 Å². The average molecular weight is 372 g/mol. The van der Waals surface area contributed by atoms with Crippen LogP contribution >= 0.6 is 0 Å². The van der Waals surface area contributed by atoms with E-state index >= 15 is 0 Å². The summed E-state index contributed by atoms with van der Waals surface area (Å²) in [7, 11) is 0. The number of carboxylic acid groups (broad SMARTS) is 1. The Balaban J connectivity index is 0. The van der Waals surface area contributed by atoms with Crippen LogP contribution in [0.5, 0.6) is 0 Å². The molecule has 0 aliphatic heterocycles. The molecule has 156 valence electrons. The monoisotopic (exact) mass is 371 g/mol. The smallest absolute Gasteiger partial charge is 0.303 e. The lowest BCUT2D eigenvalue weighted by Crippen LogP contribution is -2.09. The Bertz CT molecular complexity index is 304. The van der Waals surface area contributed by atoms with Crippen LogP contribution in [0.4, 0.5) is 0 Å². The number of unbranched alkanes of at least 4 members (excludes halogenated alkanes) is 8. The van der Waals surface area contributed by atoms with Crippen LogP contribution in [-0.4, -0.2) is 35.4 Å². The van der Waals surface area contributed by atoms with Crippen molar-refractivity contribution in [1.29, 1.82) is 0 Å². The second-order valence-electron chi connectivity index (χ2n) is 6.87. The topological polar surface area (TPSA) is 69.6 Å². The quantitative estimate of drug-likeness (QED) is 0.227. The van der Waals surface area contributed by atoms with Gasteiger partial charge < -0.3 is 15.5 Å². The Hall–Kier alpha value is -0.870. The summed E-state index contributed by atoms with van der Waals surface area (Å²) in [4.78, 5) is 10.3. The Morgan fingerprint density at radius 1 is 0.885 bits per heavy atom. The molecule has 0 spiro atoms. The van der Waals surface area contributed by atoms with E-state index in [1.165, 1.54) is 25.7 Å². The van der Waals surface area contributed by atoms with Gasteiger partial charge in [0.25, 0.3) is 0 Å². The van der Waals surface area contributed by atoms with Gasteiger partial charge in [-0.3, -0.25) is 4.79 Å². The molecule has 4 nitrogen and oxygen atoms in total. The minimum atomic E-state index is -0.689. The summed E-state index contributed by atoms with van der Waals surface area (Å²) in [6.45, 7) is 8.59. The molecule has 1 atom stereocenters. The van der Waals surface area contributed by atoms with Gasteiger partial charge in [0.05, 0.1) is 6.10 Å². The Kier molecular flexibility index (Phi) is 25.4. The van der Waals surface area contributed by atoms with E-state index in [2.05, 4.69) is 38.2 Å². The van der Waals surface area contributed by atoms with Gasteiger partial charge in [-0.2, -0.15) is 0 Å². The van der Waals surface area contributed by atoms with E-state index in [-0.39, 0.29) is 6.10 Å². The van der Waals surface area contributed by atoms with Crippen LogP contribution in [0.2, 0.25) is 0 Å². The standard InChI is InChI=1S/C18H34O3.C4H11N/c1-2-3-4-11-14-17(19)15-12-9-7-5-6-8-10-13-16-18(20)21;1-3-5-4-2/h9,12,17,19H,2-8,10-11,13-16H2,1H3,(H,20,21);5H,3-4H2,1-2H3/b12-9-;. The molecule has 26 heavy (non-hydrogen) atoms. The number of hydrogen-bond acceptors (Lipinski definition) is 3. The van der Waals surface area contributed by atoms with E-state index in [9.17, 15) is 9.90 Å². The molecule has 4 heteroatoms. The van der Waals surface area contributed by atoms with E-state index in [1.807, 2.05) is 0 Å². The minimum absolute atomic E-state index is 0.172. The summed E-state index contributed by atoms with van der Waals surface area (Å²) in [5, 5.41) is 21.4. The third-order valence-electron chi connectivity index (χ3n) is 4.23. The van der Waals surface area contributed by atoms with Crippen LogP contribution in [0.25, 0.3) is 0 Å². The summed E-state index contributed by atoms with van der Waals surface area (Å²) in [5.74, 6) is -0.689. The van der Waals surface area contributed by atoms with Crippen molar-refractivity contribution in [2.24, 2.45) is 0 Å². The van der Waals surface area contributed by atoms with Gasteiger partial charge >= 0.3 is 5.97 Å². The van der Waals surface area contributed by atoms with Crippen molar-refractivity contribution in [3.8, 4) is 0 Å². The minimum Gasteiger partial charge on any atom is -0.481 e. The number of aliphatic carboxylic acids is 1. The number of allylic oxidation sites excluding steroid dienone is 1. The van der Waals surface area contributed by atoms with E-state index in [1.54, 1.807) is 0 Å². The highest BCUT2D eigenvalue weighted by Gasteiger charge is 2.00. The fraction of sp³-hybridized carbons (Fsp3) is 0.864. The van der Waals surface area contributed by atoms with Gasteiger partial charge in [0.1, 0.15) is 0 Å². The number of carboxylic acids is 1. The summed E-state index contributed by atoms with van der Waals surface area (Å²) in [6.07, 6.45) is 17.4. The maximum absolute atomic E-state index is 10.3. The largest absolute Gasteiger partial charge is 0.481 e.